The Hall–Kier alpha value is -2.27. The second kappa shape index (κ2) is 10.0. The van der Waals surface area contributed by atoms with Crippen LogP contribution in [0, 0.1) is 12.8 Å². The monoisotopic (exact) mass is 370 g/mol. The second-order valence-electron chi connectivity index (χ2n) is 6.60. The van der Waals surface area contributed by atoms with Gasteiger partial charge in [0.15, 0.2) is 0 Å². The van der Waals surface area contributed by atoms with Crippen molar-refractivity contribution in [2.75, 3.05) is 11.1 Å². The zero-order valence-electron chi connectivity index (χ0n) is 15.5. The molecular formula is C21H26N2O2S. The van der Waals surface area contributed by atoms with Crippen molar-refractivity contribution in [2.45, 2.75) is 33.1 Å². The maximum Gasteiger partial charge on any atom is 0.230 e. The molecule has 26 heavy (non-hydrogen) atoms. The highest BCUT2D eigenvalue weighted by atomic mass is 32.2. The first kappa shape index (κ1) is 20.0. The molecule has 0 unspecified atom stereocenters. The third-order valence-corrected chi connectivity index (χ3v) is 4.86. The van der Waals surface area contributed by atoms with Crippen LogP contribution in [0.1, 0.15) is 30.5 Å². The molecule has 0 saturated heterocycles. The first-order chi connectivity index (χ1) is 12.4. The van der Waals surface area contributed by atoms with Crippen LogP contribution in [0.2, 0.25) is 0 Å². The van der Waals surface area contributed by atoms with Crippen LogP contribution in [-0.2, 0) is 21.9 Å². The van der Waals surface area contributed by atoms with Crippen LogP contribution in [0.3, 0.4) is 0 Å². The van der Waals surface area contributed by atoms with Crippen LogP contribution in [0.15, 0.2) is 48.5 Å². The first-order valence-electron chi connectivity index (χ1n) is 8.74. The smallest absolute Gasteiger partial charge is 0.230 e. The van der Waals surface area contributed by atoms with Gasteiger partial charge in [-0.25, -0.2) is 0 Å². The molecule has 0 aliphatic rings. The molecule has 0 aliphatic carbocycles. The van der Waals surface area contributed by atoms with E-state index in [4.69, 9.17) is 0 Å². The van der Waals surface area contributed by atoms with Gasteiger partial charge >= 0.3 is 0 Å². The quantitative estimate of drug-likeness (QED) is 0.734. The summed E-state index contributed by atoms with van der Waals surface area (Å²) in [7, 11) is 0. The third-order valence-electron chi connectivity index (χ3n) is 3.86. The van der Waals surface area contributed by atoms with E-state index in [0.717, 1.165) is 17.0 Å². The fourth-order valence-corrected chi connectivity index (χ4v) is 3.01. The van der Waals surface area contributed by atoms with E-state index in [1.165, 1.54) is 11.1 Å². The molecule has 0 spiro atoms. The van der Waals surface area contributed by atoms with Crippen LogP contribution in [-0.4, -0.2) is 17.6 Å². The molecule has 2 amide bonds. The summed E-state index contributed by atoms with van der Waals surface area (Å²) in [6.45, 7) is 6.27. The van der Waals surface area contributed by atoms with Crippen LogP contribution in [0.5, 0.6) is 0 Å². The summed E-state index contributed by atoms with van der Waals surface area (Å²) in [6, 6.07) is 15.9. The molecule has 2 N–H and O–H groups in total. The molecule has 4 nitrogen and oxygen atoms in total. The van der Waals surface area contributed by atoms with Crippen LogP contribution in [0.25, 0.3) is 0 Å². The molecule has 0 heterocycles. The Kier molecular flexibility index (Phi) is 7.73. The number of carbonyl (C=O) groups excluding carboxylic acids is 2. The van der Waals surface area contributed by atoms with E-state index in [-0.39, 0.29) is 17.7 Å². The van der Waals surface area contributed by atoms with Gasteiger partial charge in [0.25, 0.3) is 0 Å². The summed E-state index contributed by atoms with van der Waals surface area (Å²) >= 11 is 1.61. The molecule has 0 fully saturated rings. The number of benzene rings is 2. The molecule has 2 aromatic rings. The van der Waals surface area contributed by atoms with E-state index < -0.39 is 0 Å². The van der Waals surface area contributed by atoms with Crippen molar-refractivity contribution >= 4 is 29.3 Å². The zero-order chi connectivity index (χ0) is 18.9. The van der Waals surface area contributed by atoms with Gasteiger partial charge < -0.3 is 10.6 Å². The van der Waals surface area contributed by atoms with Crippen LogP contribution >= 0.6 is 11.8 Å². The van der Waals surface area contributed by atoms with Crippen molar-refractivity contribution in [2.24, 2.45) is 5.92 Å². The van der Waals surface area contributed by atoms with E-state index >= 15 is 0 Å². The van der Waals surface area contributed by atoms with Crippen molar-refractivity contribution in [1.82, 2.24) is 5.32 Å². The third kappa shape index (κ3) is 6.92. The average molecular weight is 371 g/mol. The Morgan fingerprint density at radius 1 is 0.962 bits per heavy atom. The summed E-state index contributed by atoms with van der Waals surface area (Å²) < 4.78 is 0. The first-order valence-corrected chi connectivity index (χ1v) is 9.89. The summed E-state index contributed by atoms with van der Waals surface area (Å²) in [4.78, 5) is 23.6. The summed E-state index contributed by atoms with van der Waals surface area (Å²) in [6.07, 6.45) is 0. The normalized spacial score (nSPS) is 10.6. The largest absolute Gasteiger partial charge is 0.351 e. The lowest BCUT2D eigenvalue weighted by molar-refractivity contribution is -0.119. The second-order valence-corrected chi connectivity index (χ2v) is 7.58. The maximum absolute atomic E-state index is 12.0. The lowest BCUT2D eigenvalue weighted by atomic mass is 10.1. The number of nitrogens with one attached hydrogen (secondary N) is 2. The van der Waals surface area contributed by atoms with E-state index in [2.05, 4.69) is 41.8 Å². The van der Waals surface area contributed by atoms with Crippen molar-refractivity contribution in [3.05, 3.63) is 65.2 Å². The molecule has 5 heteroatoms. The van der Waals surface area contributed by atoms with Crippen molar-refractivity contribution in [3.63, 3.8) is 0 Å². The number of hydrogen-bond acceptors (Lipinski definition) is 3. The number of aryl methyl sites for hydroxylation is 1. The number of thioether (sulfide) groups is 1. The Morgan fingerprint density at radius 2 is 1.58 bits per heavy atom. The highest BCUT2D eigenvalue weighted by molar-refractivity contribution is 7.99. The topological polar surface area (TPSA) is 58.2 Å². The summed E-state index contributed by atoms with van der Waals surface area (Å²) in [5.41, 5.74) is 4.25. The molecule has 138 valence electrons. The minimum absolute atomic E-state index is 0.00310. The van der Waals surface area contributed by atoms with Gasteiger partial charge in [0.2, 0.25) is 11.8 Å². The van der Waals surface area contributed by atoms with Crippen LogP contribution < -0.4 is 10.6 Å². The molecule has 2 rings (SSSR count). The molecule has 0 aromatic heterocycles. The van der Waals surface area contributed by atoms with E-state index in [1.54, 1.807) is 11.8 Å². The van der Waals surface area contributed by atoms with E-state index in [1.807, 2.05) is 38.1 Å². The highest BCUT2D eigenvalue weighted by Crippen LogP contribution is 2.13. The average Bonchev–Trinajstić information content (AvgIpc) is 2.62. The number of amides is 2. The SMILES string of the molecule is Cc1ccc(CSCC(=O)NCc2ccc(NC(=O)C(C)C)cc2)cc1. The molecule has 0 bridgehead atoms. The molecule has 0 saturated carbocycles. The zero-order valence-corrected chi connectivity index (χ0v) is 16.4. The van der Waals surface area contributed by atoms with Gasteiger partial charge in [-0.2, -0.15) is 0 Å². The summed E-state index contributed by atoms with van der Waals surface area (Å²) in [5.74, 6) is 1.25. The van der Waals surface area contributed by atoms with Gasteiger partial charge in [-0.05, 0) is 30.2 Å². The van der Waals surface area contributed by atoms with Crippen molar-refractivity contribution in [1.29, 1.82) is 0 Å². The molecule has 0 atom stereocenters. The fraction of sp³-hybridized carbons (Fsp3) is 0.333. The predicted molar refractivity (Wildman–Crippen MR) is 109 cm³/mol. The number of anilines is 1. The van der Waals surface area contributed by atoms with Gasteiger partial charge in [0.1, 0.15) is 0 Å². The number of rotatable bonds is 8. The molecule has 2 aromatic carbocycles. The lowest BCUT2D eigenvalue weighted by Crippen LogP contribution is -2.24. The molecule has 0 radical (unpaired) electrons. The lowest BCUT2D eigenvalue weighted by Gasteiger charge is -2.09. The Balaban J connectivity index is 1.70. The van der Waals surface area contributed by atoms with Crippen LogP contribution in [0.4, 0.5) is 5.69 Å². The molecule has 0 aliphatic heterocycles. The van der Waals surface area contributed by atoms with Gasteiger partial charge in [-0.3, -0.25) is 9.59 Å². The van der Waals surface area contributed by atoms with Crippen molar-refractivity contribution < 1.29 is 9.59 Å². The van der Waals surface area contributed by atoms with Gasteiger partial charge in [0, 0.05) is 23.9 Å². The number of hydrogen-bond donors (Lipinski definition) is 2. The van der Waals surface area contributed by atoms with E-state index in [0.29, 0.717) is 12.3 Å². The van der Waals surface area contributed by atoms with Gasteiger partial charge in [0.05, 0.1) is 5.75 Å². The van der Waals surface area contributed by atoms with Gasteiger partial charge in [-0.15, -0.1) is 11.8 Å². The Morgan fingerprint density at radius 3 is 2.19 bits per heavy atom. The van der Waals surface area contributed by atoms with Crippen molar-refractivity contribution in [3.8, 4) is 0 Å². The van der Waals surface area contributed by atoms with E-state index in [9.17, 15) is 9.59 Å². The standard InChI is InChI=1S/C21H26N2O2S/c1-15(2)21(25)23-19-10-8-17(9-11-19)12-22-20(24)14-26-13-18-6-4-16(3)5-7-18/h4-11,15H,12-14H2,1-3H3,(H,22,24)(H,23,25). The highest BCUT2D eigenvalue weighted by Gasteiger charge is 2.07. The Bertz CT molecular complexity index is 725. The molecular weight excluding hydrogens is 344 g/mol. The van der Waals surface area contributed by atoms with Gasteiger partial charge in [-0.1, -0.05) is 55.8 Å². The minimum Gasteiger partial charge on any atom is -0.351 e. The maximum atomic E-state index is 12.0. The fourth-order valence-electron chi connectivity index (χ4n) is 2.19. The summed E-state index contributed by atoms with van der Waals surface area (Å²) in [5, 5.41) is 5.78. The number of carbonyl (C=O) groups is 2. The minimum atomic E-state index is -0.0497. The predicted octanol–water partition coefficient (Wildman–Crippen LogP) is 4.14. The Labute approximate surface area is 159 Å².